The number of hydrogen-bond acceptors (Lipinski definition) is 3. The normalized spacial score (nSPS) is 17.1. The molecule has 0 spiro atoms. The Hall–Kier alpha value is -1.25. The molecular formula is C8H10O3. The van der Waals surface area contributed by atoms with Crippen LogP contribution in [0.25, 0.3) is 0 Å². The minimum Gasteiger partial charge on any atom is -0.493 e. The minimum absolute atomic E-state index is 0.179. The standard InChI is InChI=1S/C8H10O3/c1-10-6-4-3-5-7(11-2)8(6)9/h4-5H,3H2,1-2H3. The number of carbonyl (C=O) groups excluding carboxylic acids is 1. The molecule has 0 amide bonds. The van der Waals surface area contributed by atoms with E-state index in [1.54, 1.807) is 12.2 Å². The summed E-state index contributed by atoms with van der Waals surface area (Å²) in [5.41, 5.74) is 0. The maximum atomic E-state index is 11.2. The van der Waals surface area contributed by atoms with Gasteiger partial charge in [-0.25, -0.2) is 0 Å². The first kappa shape index (κ1) is 7.85. The van der Waals surface area contributed by atoms with E-state index in [0.717, 1.165) is 0 Å². The number of hydrogen-bond donors (Lipinski definition) is 0. The Labute approximate surface area is 65.3 Å². The van der Waals surface area contributed by atoms with Gasteiger partial charge in [0.1, 0.15) is 0 Å². The van der Waals surface area contributed by atoms with E-state index in [4.69, 9.17) is 9.47 Å². The molecule has 1 aliphatic rings. The Kier molecular flexibility index (Phi) is 2.31. The fourth-order valence-electron chi connectivity index (χ4n) is 0.932. The van der Waals surface area contributed by atoms with E-state index >= 15 is 0 Å². The summed E-state index contributed by atoms with van der Waals surface area (Å²) in [4.78, 5) is 11.2. The molecule has 0 heterocycles. The van der Waals surface area contributed by atoms with Gasteiger partial charge in [-0.05, 0) is 18.6 Å². The molecule has 1 rings (SSSR count). The average Bonchev–Trinajstić information content (AvgIpc) is 2.05. The molecule has 3 heteroatoms. The number of Topliss-reactive ketones (excluding diaryl/α,β-unsaturated/α-hetero) is 1. The largest absolute Gasteiger partial charge is 0.493 e. The van der Waals surface area contributed by atoms with E-state index in [0.29, 0.717) is 17.9 Å². The molecule has 0 saturated carbocycles. The third kappa shape index (κ3) is 1.42. The quantitative estimate of drug-likeness (QED) is 0.595. The van der Waals surface area contributed by atoms with E-state index in [1.165, 1.54) is 14.2 Å². The fourth-order valence-corrected chi connectivity index (χ4v) is 0.932. The monoisotopic (exact) mass is 154 g/mol. The van der Waals surface area contributed by atoms with E-state index < -0.39 is 0 Å². The predicted molar refractivity (Wildman–Crippen MR) is 39.8 cm³/mol. The Balaban J connectivity index is 2.77. The molecule has 0 N–H and O–H groups in total. The molecule has 0 saturated heterocycles. The lowest BCUT2D eigenvalue weighted by atomic mass is 10.1. The van der Waals surface area contributed by atoms with E-state index in [-0.39, 0.29) is 5.78 Å². The molecule has 0 bridgehead atoms. The van der Waals surface area contributed by atoms with Crippen LogP contribution < -0.4 is 0 Å². The second kappa shape index (κ2) is 3.23. The average molecular weight is 154 g/mol. The van der Waals surface area contributed by atoms with E-state index in [1.807, 2.05) is 0 Å². The van der Waals surface area contributed by atoms with Gasteiger partial charge in [-0.1, -0.05) is 0 Å². The first-order chi connectivity index (χ1) is 5.29. The molecule has 0 aromatic heterocycles. The van der Waals surface area contributed by atoms with Crippen molar-refractivity contribution >= 4 is 5.78 Å². The zero-order valence-corrected chi connectivity index (χ0v) is 6.59. The molecule has 3 nitrogen and oxygen atoms in total. The van der Waals surface area contributed by atoms with Gasteiger partial charge in [0.15, 0.2) is 11.5 Å². The molecule has 1 aliphatic carbocycles. The summed E-state index contributed by atoms with van der Waals surface area (Å²) in [6.45, 7) is 0. The zero-order chi connectivity index (χ0) is 8.27. The van der Waals surface area contributed by atoms with Gasteiger partial charge < -0.3 is 9.47 Å². The first-order valence-electron chi connectivity index (χ1n) is 3.32. The number of ether oxygens (including phenoxy) is 2. The van der Waals surface area contributed by atoms with Crippen LogP contribution in [0.5, 0.6) is 0 Å². The lowest BCUT2D eigenvalue weighted by Crippen LogP contribution is -2.12. The molecular weight excluding hydrogens is 144 g/mol. The summed E-state index contributed by atoms with van der Waals surface area (Å²) in [7, 11) is 2.95. The van der Waals surface area contributed by atoms with Crippen molar-refractivity contribution in [1.82, 2.24) is 0 Å². The SMILES string of the molecule is COC1=CCC=C(OC)C1=O. The zero-order valence-electron chi connectivity index (χ0n) is 6.59. The Morgan fingerprint density at radius 1 is 1.18 bits per heavy atom. The molecule has 60 valence electrons. The highest BCUT2D eigenvalue weighted by atomic mass is 16.5. The Bertz CT molecular complexity index is 203. The molecule has 0 aromatic carbocycles. The number of allylic oxidation sites excluding steroid dienone is 2. The summed E-state index contributed by atoms with van der Waals surface area (Å²) in [6.07, 6.45) is 4.15. The highest BCUT2D eigenvalue weighted by Gasteiger charge is 2.18. The van der Waals surface area contributed by atoms with Gasteiger partial charge in [0, 0.05) is 0 Å². The lowest BCUT2D eigenvalue weighted by Gasteiger charge is -2.10. The summed E-state index contributed by atoms with van der Waals surface area (Å²) < 4.78 is 9.65. The van der Waals surface area contributed by atoms with Gasteiger partial charge in [-0.2, -0.15) is 0 Å². The predicted octanol–water partition coefficient (Wildman–Crippen LogP) is 1.02. The van der Waals surface area contributed by atoms with Crippen molar-refractivity contribution in [3.8, 4) is 0 Å². The van der Waals surface area contributed by atoms with Crippen molar-refractivity contribution < 1.29 is 14.3 Å². The smallest absolute Gasteiger partial charge is 0.261 e. The van der Waals surface area contributed by atoms with Crippen LogP contribution >= 0.6 is 0 Å². The molecule has 0 aromatic rings. The second-order valence-corrected chi connectivity index (χ2v) is 2.11. The van der Waals surface area contributed by atoms with Gasteiger partial charge in [0.05, 0.1) is 14.2 Å². The highest BCUT2D eigenvalue weighted by Crippen LogP contribution is 2.14. The molecule has 0 radical (unpaired) electrons. The van der Waals surface area contributed by atoms with Crippen LogP contribution in [-0.2, 0) is 14.3 Å². The van der Waals surface area contributed by atoms with Crippen molar-refractivity contribution in [2.45, 2.75) is 6.42 Å². The lowest BCUT2D eigenvalue weighted by molar-refractivity contribution is -0.118. The topological polar surface area (TPSA) is 35.5 Å². The summed E-state index contributed by atoms with van der Waals surface area (Å²) in [5.74, 6) is 0.551. The van der Waals surface area contributed by atoms with Gasteiger partial charge in [0.2, 0.25) is 0 Å². The van der Waals surface area contributed by atoms with Gasteiger partial charge in [-0.15, -0.1) is 0 Å². The Morgan fingerprint density at radius 3 is 2.00 bits per heavy atom. The number of carbonyl (C=O) groups is 1. The van der Waals surface area contributed by atoms with Crippen LogP contribution in [-0.4, -0.2) is 20.0 Å². The number of methoxy groups -OCH3 is 2. The molecule has 11 heavy (non-hydrogen) atoms. The van der Waals surface area contributed by atoms with Crippen molar-refractivity contribution in [1.29, 1.82) is 0 Å². The van der Waals surface area contributed by atoms with Crippen molar-refractivity contribution in [2.24, 2.45) is 0 Å². The summed E-state index contributed by atoms with van der Waals surface area (Å²) in [5, 5.41) is 0. The van der Waals surface area contributed by atoms with E-state index in [9.17, 15) is 4.79 Å². The second-order valence-electron chi connectivity index (χ2n) is 2.11. The van der Waals surface area contributed by atoms with Crippen molar-refractivity contribution in [2.75, 3.05) is 14.2 Å². The van der Waals surface area contributed by atoms with Crippen molar-refractivity contribution in [3.05, 3.63) is 23.7 Å². The molecule has 0 atom stereocenters. The van der Waals surface area contributed by atoms with Gasteiger partial charge in [0.25, 0.3) is 5.78 Å². The van der Waals surface area contributed by atoms with Crippen LogP contribution in [0.15, 0.2) is 23.7 Å². The van der Waals surface area contributed by atoms with Gasteiger partial charge >= 0.3 is 0 Å². The Morgan fingerprint density at radius 2 is 1.64 bits per heavy atom. The third-order valence-corrected chi connectivity index (χ3v) is 1.49. The van der Waals surface area contributed by atoms with Crippen LogP contribution in [0.2, 0.25) is 0 Å². The molecule has 0 aliphatic heterocycles. The maximum Gasteiger partial charge on any atom is 0.261 e. The number of ketones is 1. The van der Waals surface area contributed by atoms with Crippen LogP contribution in [0.3, 0.4) is 0 Å². The third-order valence-electron chi connectivity index (χ3n) is 1.49. The maximum absolute atomic E-state index is 11.2. The highest BCUT2D eigenvalue weighted by molar-refractivity contribution is 6.06. The summed E-state index contributed by atoms with van der Waals surface area (Å²) in [6, 6.07) is 0. The minimum atomic E-state index is -0.179. The van der Waals surface area contributed by atoms with Gasteiger partial charge in [-0.3, -0.25) is 4.79 Å². The molecule has 0 fully saturated rings. The number of rotatable bonds is 2. The van der Waals surface area contributed by atoms with Crippen LogP contribution in [0.4, 0.5) is 0 Å². The molecule has 0 unspecified atom stereocenters. The van der Waals surface area contributed by atoms with Crippen molar-refractivity contribution in [3.63, 3.8) is 0 Å². The first-order valence-corrected chi connectivity index (χ1v) is 3.32. The van der Waals surface area contributed by atoms with E-state index in [2.05, 4.69) is 0 Å². The summed E-state index contributed by atoms with van der Waals surface area (Å²) >= 11 is 0. The fraction of sp³-hybridized carbons (Fsp3) is 0.375. The van der Waals surface area contributed by atoms with Crippen LogP contribution in [0, 0.1) is 0 Å². The van der Waals surface area contributed by atoms with Crippen LogP contribution in [0.1, 0.15) is 6.42 Å².